The third-order valence-electron chi connectivity index (χ3n) is 5.22. The second-order valence-corrected chi connectivity index (χ2v) is 7.44. The van der Waals surface area contributed by atoms with Crippen LogP contribution in [0.5, 0.6) is 5.75 Å². The maximum Gasteiger partial charge on any atom is 0.119 e. The molecule has 1 saturated heterocycles. The molecular weight excluding hydrogens is 350 g/mol. The summed E-state index contributed by atoms with van der Waals surface area (Å²) in [5, 5.41) is 13.8. The first-order valence-electron chi connectivity index (χ1n) is 10.3. The van der Waals surface area contributed by atoms with E-state index >= 15 is 0 Å². The van der Waals surface area contributed by atoms with E-state index in [2.05, 4.69) is 52.4 Å². The lowest BCUT2D eigenvalue weighted by molar-refractivity contribution is 0.0471. The molecule has 1 atom stereocenters. The summed E-state index contributed by atoms with van der Waals surface area (Å²) in [5.74, 6) is 0.814. The number of nitrogens with one attached hydrogen (secondary N) is 1. The molecule has 1 fully saturated rings. The highest BCUT2D eigenvalue weighted by Crippen LogP contribution is 2.14. The minimum absolute atomic E-state index is 0.328. The molecule has 28 heavy (non-hydrogen) atoms. The Hall–Kier alpha value is -1.92. The standard InChI is InChI=1S/C23H33N3O2/c1-2-25-11-13-26(14-12-25)18-22(27)19-28-23-10-6-9-21(15-23)17-24-16-20-7-4-3-5-8-20/h3-10,15,22,24,27H,2,11-14,16-19H2,1H3. The lowest BCUT2D eigenvalue weighted by Gasteiger charge is -2.34. The van der Waals surface area contributed by atoms with Gasteiger partial charge in [-0.1, -0.05) is 49.4 Å². The van der Waals surface area contributed by atoms with E-state index < -0.39 is 6.10 Å². The van der Waals surface area contributed by atoms with Crippen molar-refractivity contribution < 1.29 is 9.84 Å². The third kappa shape index (κ3) is 6.91. The minimum atomic E-state index is -0.465. The van der Waals surface area contributed by atoms with E-state index in [0.717, 1.165) is 51.6 Å². The highest BCUT2D eigenvalue weighted by atomic mass is 16.5. The van der Waals surface area contributed by atoms with Gasteiger partial charge in [0.2, 0.25) is 0 Å². The number of nitrogens with zero attached hydrogens (tertiary/aromatic N) is 2. The molecule has 1 heterocycles. The summed E-state index contributed by atoms with van der Waals surface area (Å²) in [6, 6.07) is 18.5. The van der Waals surface area contributed by atoms with Gasteiger partial charge in [0, 0.05) is 45.8 Å². The van der Waals surface area contributed by atoms with Crippen LogP contribution in [0.15, 0.2) is 54.6 Å². The molecule has 3 rings (SSSR count). The van der Waals surface area contributed by atoms with Crippen LogP contribution in [0.2, 0.25) is 0 Å². The van der Waals surface area contributed by atoms with Crippen molar-refractivity contribution >= 4 is 0 Å². The van der Waals surface area contributed by atoms with E-state index in [1.807, 2.05) is 24.3 Å². The number of rotatable bonds is 10. The number of β-amino-alcohol motifs (C(OH)–C–C–N with tert-alkyl or cyclic N) is 1. The van der Waals surface area contributed by atoms with E-state index in [1.165, 1.54) is 11.1 Å². The summed E-state index contributed by atoms with van der Waals surface area (Å²) in [7, 11) is 0. The molecule has 1 aliphatic heterocycles. The van der Waals surface area contributed by atoms with Gasteiger partial charge in [-0.25, -0.2) is 0 Å². The smallest absolute Gasteiger partial charge is 0.119 e. The van der Waals surface area contributed by atoms with Gasteiger partial charge >= 0.3 is 0 Å². The third-order valence-corrected chi connectivity index (χ3v) is 5.22. The number of hydrogen-bond donors (Lipinski definition) is 2. The summed E-state index contributed by atoms with van der Waals surface area (Å²) < 4.78 is 5.84. The first-order chi connectivity index (χ1) is 13.7. The van der Waals surface area contributed by atoms with Crippen LogP contribution < -0.4 is 10.1 Å². The first-order valence-corrected chi connectivity index (χ1v) is 10.3. The van der Waals surface area contributed by atoms with Gasteiger partial charge in [-0.3, -0.25) is 4.90 Å². The molecule has 0 amide bonds. The van der Waals surface area contributed by atoms with Crippen LogP contribution in [0.1, 0.15) is 18.1 Å². The Kier molecular flexibility index (Phi) is 8.30. The highest BCUT2D eigenvalue weighted by Gasteiger charge is 2.18. The quantitative estimate of drug-likeness (QED) is 0.660. The van der Waals surface area contributed by atoms with Gasteiger partial charge in [0.15, 0.2) is 0 Å². The number of aliphatic hydroxyl groups is 1. The predicted octanol–water partition coefficient (Wildman–Crippen LogP) is 2.35. The molecule has 5 heteroatoms. The van der Waals surface area contributed by atoms with Crippen LogP contribution in [-0.2, 0) is 13.1 Å². The Morgan fingerprint density at radius 1 is 0.929 bits per heavy atom. The summed E-state index contributed by atoms with van der Waals surface area (Å²) in [4.78, 5) is 4.76. The molecule has 1 aliphatic rings. The van der Waals surface area contributed by atoms with Crippen LogP contribution in [-0.4, -0.2) is 66.9 Å². The van der Waals surface area contributed by atoms with Crippen LogP contribution in [0.3, 0.4) is 0 Å². The molecule has 0 aliphatic carbocycles. The Morgan fingerprint density at radius 3 is 2.36 bits per heavy atom. The Balaban J connectivity index is 1.38. The van der Waals surface area contributed by atoms with Crippen LogP contribution in [0.4, 0.5) is 0 Å². The average Bonchev–Trinajstić information content (AvgIpc) is 2.74. The summed E-state index contributed by atoms with van der Waals surface area (Å²) in [6.07, 6.45) is -0.465. The molecule has 2 N–H and O–H groups in total. The Labute approximate surface area is 168 Å². The van der Waals surface area contributed by atoms with Crippen molar-refractivity contribution in [2.75, 3.05) is 45.9 Å². The number of hydrogen-bond acceptors (Lipinski definition) is 5. The normalized spacial score (nSPS) is 16.8. The Bertz CT molecular complexity index is 687. The molecule has 0 aromatic heterocycles. The average molecular weight is 384 g/mol. The maximum atomic E-state index is 10.3. The van der Waals surface area contributed by atoms with Gasteiger partial charge in [-0.2, -0.15) is 0 Å². The summed E-state index contributed by atoms with van der Waals surface area (Å²) in [6.45, 7) is 10.2. The minimum Gasteiger partial charge on any atom is -0.491 e. The fourth-order valence-electron chi connectivity index (χ4n) is 3.52. The van der Waals surface area contributed by atoms with Crippen LogP contribution >= 0.6 is 0 Å². The zero-order valence-electron chi connectivity index (χ0n) is 16.9. The van der Waals surface area contributed by atoms with Crippen molar-refractivity contribution in [3.8, 4) is 5.75 Å². The fourth-order valence-corrected chi connectivity index (χ4v) is 3.52. The summed E-state index contributed by atoms with van der Waals surface area (Å²) in [5.41, 5.74) is 2.46. The van der Waals surface area contributed by atoms with Crippen LogP contribution in [0, 0.1) is 0 Å². The number of piperazine rings is 1. The second kappa shape index (κ2) is 11.2. The molecule has 0 saturated carbocycles. The maximum absolute atomic E-state index is 10.3. The molecule has 2 aromatic carbocycles. The molecule has 5 nitrogen and oxygen atoms in total. The van der Waals surface area contributed by atoms with Crippen LogP contribution in [0.25, 0.3) is 0 Å². The van der Waals surface area contributed by atoms with Crippen molar-refractivity contribution in [1.29, 1.82) is 0 Å². The number of benzene rings is 2. The number of likely N-dealkylation sites (N-methyl/N-ethyl adjacent to an activating group) is 1. The largest absolute Gasteiger partial charge is 0.491 e. The Morgan fingerprint density at radius 2 is 1.61 bits per heavy atom. The molecule has 2 aromatic rings. The predicted molar refractivity (Wildman–Crippen MR) is 113 cm³/mol. The highest BCUT2D eigenvalue weighted by molar-refractivity contribution is 5.28. The van der Waals surface area contributed by atoms with Crippen molar-refractivity contribution in [3.05, 3.63) is 65.7 Å². The first kappa shape index (κ1) is 20.8. The fraction of sp³-hybridized carbons (Fsp3) is 0.478. The molecule has 0 spiro atoms. The lowest BCUT2D eigenvalue weighted by atomic mass is 10.2. The molecular formula is C23H33N3O2. The van der Waals surface area contributed by atoms with Gasteiger partial charge in [0.25, 0.3) is 0 Å². The van der Waals surface area contributed by atoms with Gasteiger partial charge in [0.1, 0.15) is 18.5 Å². The second-order valence-electron chi connectivity index (χ2n) is 7.44. The van der Waals surface area contributed by atoms with Crippen molar-refractivity contribution in [1.82, 2.24) is 15.1 Å². The summed E-state index contributed by atoms with van der Waals surface area (Å²) >= 11 is 0. The van der Waals surface area contributed by atoms with E-state index in [4.69, 9.17) is 4.74 Å². The van der Waals surface area contributed by atoms with Crippen molar-refractivity contribution in [2.45, 2.75) is 26.1 Å². The zero-order valence-corrected chi connectivity index (χ0v) is 16.9. The zero-order chi connectivity index (χ0) is 19.6. The van der Waals surface area contributed by atoms with Crippen molar-refractivity contribution in [2.24, 2.45) is 0 Å². The SMILES string of the molecule is CCN1CCN(CC(O)COc2cccc(CNCc3ccccc3)c2)CC1. The van der Waals surface area contributed by atoms with Gasteiger partial charge in [0.05, 0.1) is 0 Å². The van der Waals surface area contributed by atoms with Gasteiger partial charge < -0.3 is 20.1 Å². The van der Waals surface area contributed by atoms with E-state index in [0.29, 0.717) is 13.2 Å². The van der Waals surface area contributed by atoms with Gasteiger partial charge in [-0.15, -0.1) is 0 Å². The van der Waals surface area contributed by atoms with E-state index in [9.17, 15) is 5.11 Å². The molecule has 0 radical (unpaired) electrons. The van der Waals surface area contributed by atoms with E-state index in [-0.39, 0.29) is 0 Å². The molecule has 152 valence electrons. The molecule has 1 unspecified atom stereocenters. The van der Waals surface area contributed by atoms with Gasteiger partial charge in [-0.05, 0) is 29.8 Å². The van der Waals surface area contributed by atoms with Crippen molar-refractivity contribution in [3.63, 3.8) is 0 Å². The topological polar surface area (TPSA) is 48.0 Å². The number of aliphatic hydroxyl groups excluding tert-OH is 1. The van der Waals surface area contributed by atoms with E-state index in [1.54, 1.807) is 0 Å². The number of ether oxygens (including phenoxy) is 1. The monoisotopic (exact) mass is 383 g/mol. The lowest BCUT2D eigenvalue weighted by Crippen LogP contribution is -2.49. The molecule has 0 bridgehead atoms.